The summed E-state index contributed by atoms with van der Waals surface area (Å²) in [5.74, 6) is 0.697. The molecular formula is C18H25N3O. The summed E-state index contributed by atoms with van der Waals surface area (Å²) in [6.45, 7) is 9.41. The standard InChI is InChI=1S/C18H25N3O/c1-13-4-6-14(7-5-13)17-20-15(11-22-17)10-21-9-8-16(19)18(2,3)12-21/h4-7,11,16H,8-10,12,19H2,1-3H3. The van der Waals surface area contributed by atoms with Gasteiger partial charge < -0.3 is 10.2 Å². The molecule has 118 valence electrons. The number of hydrogen-bond acceptors (Lipinski definition) is 4. The van der Waals surface area contributed by atoms with Gasteiger partial charge in [-0.2, -0.15) is 0 Å². The molecule has 0 bridgehead atoms. The lowest BCUT2D eigenvalue weighted by Gasteiger charge is -2.42. The Morgan fingerprint density at radius 1 is 1.32 bits per heavy atom. The third-order valence-corrected chi connectivity index (χ3v) is 4.63. The van der Waals surface area contributed by atoms with Gasteiger partial charge in [-0.15, -0.1) is 0 Å². The molecule has 1 aromatic carbocycles. The largest absolute Gasteiger partial charge is 0.444 e. The number of hydrogen-bond donors (Lipinski definition) is 1. The van der Waals surface area contributed by atoms with Gasteiger partial charge in [0.25, 0.3) is 0 Å². The lowest BCUT2D eigenvalue weighted by Crippen LogP contribution is -2.52. The summed E-state index contributed by atoms with van der Waals surface area (Å²) in [6, 6.07) is 8.54. The van der Waals surface area contributed by atoms with E-state index in [9.17, 15) is 0 Å². The third kappa shape index (κ3) is 3.23. The van der Waals surface area contributed by atoms with Gasteiger partial charge in [-0.05, 0) is 30.9 Å². The van der Waals surface area contributed by atoms with Crippen molar-refractivity contribution in [3.63, 3.8) is 0 Å². The second kappa shape index (κ2) is 5.86. The number of aromatic nitrogens is 1. The smallest absolute Gasteiger partial charge is 0.226 e. The van der Waals surface area contributed by atoms with Crippen LogP contribution in [0.15, 0.2) is 34.9 Å². The first-order valence-electron chi connectivity index (χ1n) is 7.93. The van der Waals surface area contributed by atoms with Crippen molar-refractivity contribution in [2.24, 2.45) is 11.1 Å². The first-order chi connectivity index (χ1) is 10.4. The van der Waals surface area contributed by atoms with E-state index >= 15 is 0 Å². The van der Waals surface area contributed by atoms with Crippen LogP contribution >= 0.6 is 0 Å². The predicted molar refractivity (Wildman–Crippen MR) is 88.3 cm³/mol. The van der Waals surface area contributed by atoms with Gasteiger partial charge in [0.15, 0.2) is 0 Å². The second-order valence-electron chi connectivity index (χ2n) is 7.10. The molecule has 1 aliphatic rings. The van der Waals surface area contributed by atoms with Crippen molar-refractivity contribution < 1.29 is 4.42 Å². The quantitative estimate of drug-likeness (QED) is 0.945. The lowest BCUT2D eigenvalue weighted by molar-refractivity contribution is 0.0889. The van der Waals surface area contributed by atoms with Crippen molar-refractivity contribution in [1.82, 2.24) is 9.88 Å². The first kappa shape index (κ1) is 15.3. The van der Waals surface area contributed by atoms with Crippen LogP contribution < -0.4 is 5.73 Å². The summed E-state index contributed by atoms with van der Waals surface area (Å²) in [7, 11) is 0. The fraction of sp³-hybridized carbons (Fsp3) is 0.500. The number of aryl methyl sites for hydroxylation is 1. The van der Waals surface area contributed by atoms with Crippen LogP contribution in [0, 0.1) is 12.3 Å². The van der Waals surface area contributed by atoms with E-state index in [4.69, 9.17) is 10.2 Å². The van der Waals surface area contributed by atoms with E-state index in [-0.39, 0.29) is 11.5 Å². The molecule has 0 aliphatic carbocycles. The van der Waals surface area contributed by atoms with Crippen molar-refractivity contribution in [1.29, 1.82) is 0 Å². The van der Waals surface area contributed by atoms with Gasteiger partial charge in [0.1, 0.15) is 6.26 Å². The first-order valence-corrected chi connectivity index (χ1v) is 7.93. The van der Waals surface area contributed by atoms with Crippen molar-refractivity contribution in [3.05, 3.63) is 41.8 Å². The number of benzene rings is 1. The molecule has 4 heteroatoms. The lowest BCUT2D eigenvalue weighted by atomic mass is 9.80. The van der Waals surface area contributed by atoms with Crippen molar-refractivity contribution in [3.8, 4) is 11.5 Å². The number of piperidine rings is 1. The second-order valence-corrected chi connectivity index (χ2v) is 7.10. The Morgan fingerprint density at radius 3 is 2.73 bits per heavy atom. The predicted octanol–water partition coefficient (Wildman–Crippen LogP) is 3.21. The number of likely N-dealkylation sites (tertiary alicyclic amines) is 1. The molecule has 1 aliphatic heterocycles. The van der Waals surface area contributed by atoms with Crippen LogP contribution in [0.25, 0.3) is 11.5 Å². The monoisotopic (exact) mass is 299 g/mol. The van der Waals surface area contributed by atoms with E-state index in [1.807, 2.05) is 12.1 Å². The third-order valence-electron chi connectivity index (χ3n) is 4.63. The van der Waals surface area contributed by atoms with E-state index < -0.39 is 0 Å². The minimum Gasteiger partial charge on any atom is -0.444 e. The van der Waals surface area contributed by atoms with Crippen LogP contribution in [0.1, 0.15) is 31.5 Å². The van der Waals surface area contributed by atoms with E-state index in [2.05, 4.69) is 42.8 Å². The maximum absolute atomic E-state index is 6.20. The minimum absolute atomic E-state index is 0.155. The molecule has 1 aromatic heterocycles. The van der Waals surface area contributed by atoms with Crippen LogP contribution in [0.5, 0.6) is 0 Å². The summed E-state index contributed by atoms with van der Waals surface area (Å²) in [5, 5.41) is 0. The highest BCUT2D eigenvalue weighted by Crippen LogP contribution is 2.29. The van der Waals surface area contributed by atoms with Crippen LogP contribution in [0.2, 0.25) is 0 Å². The van der Waals surface area contributed by atoms with Gasteiger partial charge in [-0.25, -0.2) is 4.98 Å². The zero-order chi connectivity index (χ0) is 15.7. The van der Waals surface area contributed by atoms with Crippen LogP contribution in [-0.4, -0.2) is 29.0 Å². The van der Waals surface area contributed by atoms with Gasteiger partial charge in [-0.3, -0.25) is 4.90 Å². The fourth-order valence-electron chi connectivity index (χ4n) is 3.06. The zero-order valence-corrected chi connectivity index (χ0v) is 13.7. The fourth-order valence-corrected chi connectivity index (χ4v) is 3.06. The molecule has 2 heterocycles. The maximum atomic E-state index is 6.20. The molecule has 1 atom stereocenters. The van der Waals surface area contributed by atoms with Crippen LogP contribution in [0.4, 0.5) is 0 Å². The summed E-state index contributed by atoms with van der Waals surface area (Å²) in [4.78, 5) is 7.05. The SMILES string of the molecule is Cc1ccc(-c2nc(CN3CCC(N)C(C)(C)C3)co2)cc1. The summed E-state index contributed by atoms with van der Waals surface area (Å²) >= 11 is 0. The molecule has 3 rings (SSSR count). The van der Waals surface area contributed by atoms with Crippen LogP contribution in [-0.2, 0) is 6.54 Å². The van der Waals surface area contributed by atoms with E-state index in [1.54, 1.807) is 6.26 Å². The molecule has 2 aromatic rings. The highest BCUT2D eigenvalue weighted by molar-refractivity contribution is 5.53. The van der Waals surface area contributed by atoms with E-state index in [1.165, 1.54) is 5.56 Å². The molecule has 1 fully saturated rings. The molecule has 1 unspecified atom stereocenters. The Bertz CT molecular complexity index is 630. The van der Waals surface area contributed by atoms with Crippen molar-refractivity contribution >= 4 is 0 Å². The minimum atomic E-state index is 0.155. The van der Waals surface area contributed by atoms with Gasteiger partial charge in [0.2, 0.25) is 5.89 Å². The molecule has 0 saturated carbocycles. The summed E-state index contributed by atoms with van der Waals surface area (Å²) in [5.41, 5.74) is 9.61. The molecule has 2 N–H and O–H groups in total. The Hall–Kier alpha value is -1.65. The Kier molecular flexibility index (Phi) is 4.06. The Labute approximate surface area is 132 Å². The Morgan fingerprint density at radius 2 is 2.05 bits per heavy atom. The molecular weight excluding hydrogens is 274 g/mol. The van der Waals surface area contributed by atoms with Gasteiger partial charge in [0, 0.05) is 31.2 Å². The van der Waals surface area contributed by atoms with Crippen molar-refractivity contribution in [2.75, 3.05) is 13.1 Å². The molecule has 0 spiro atoms. The van der Waals surface area contributed by atoms with Crippen LogP contribution in [0.3, 0.4) is 0 Å². The zero-order valence-electron chi connectivity index (χ0n) is 13.7. The topological polar surface area (TPSA) is 55.3 Å². The molecule has 22 heavy (non-hydrogen) atoms. The van der Waals surface area contributed by atoms with Gasteiger partial charge in [0.05, 0.1) is 5.69 Å². The average molecular weight is 299 g/mol. The Balaban J connectivity index is 1.68. The molecule has 0 amide bonds. The van der Waals surface area contributed by atoms with Crippen molar-refractivity contribution in [2.45, 2.75) is 39.8 Å². The number of oxazole rings is 1. The molecule has 0 radical (unpaired) electrons. The molecule has 4 nitrogen and oxygen atoms in total. The number of rotatable bonds is 3. The summed E-state index contributed by atoms with van der Waals surface area (Å²) in [6.07, 6.45) is 2.81. The van der Waals surface area contributed by atoms with Gasteiger partial charge in [-0.1, -0.05) is 31.5 Å². The van der Waals surface area contributed by atoms with E-state index in [0.29, 0.717) is 5.89 Å². The summed E-state index contributed by atoms with van der Waals surface area (Å²) < 4.78 is 5.64. The number of nitrogens with zero attached hydrogens (tertiary/aromatic N) is 2. The highest BCUT2D eigenvalue weighted by atomic mass is 16.3. The normalized spacial score (nSPS) is 21.9. The number of nitrogens with two attached hydrogens (primary N) is 1. The average Bonchev–Trinajstić information content (AvgIpc) is 2.92. The molecule has 1 saturated heterocycles. The highest BCUT2D eigenvalue weighted by Gasteiger charge is 2.33. The van der Waals surface area contributed by atoms with Gasteiger partial charge >= 0.3 is 0 Å². The maximum Gasteiger partial charge on any atom is 0.226 e. The van der Waals surface area contributed by atoms with E-state index in [0.717, 1.165) is 37.3 Å².